The van der Waals surface area contributed by atoms with Crippen molar-refractivity contribution >= 4 is 25.4 Å². The first-order valence-corrected chi connectivity index (χ1v) is 11.3. The fourth-order valence-electron chi connectivity index (χ4n) is 2.36. The molecule has 2 N–H and O–H groups in total. The molecule has 1 aromatic rings. The molecule has 0 aliphatic heterocycles. The molecule has 0 saturated carbocycles. The van der Waals surface area contributed by atoms with Crippen molar-refractivity contribution in [3.05, 3.63) is 34.4 Å². The fraction of sp³-hybridized carbons (Fsp3) is 0.556. The van der Waals surface area contributed by atoms with Gasteiger partial charge in [-0.1, -0.05) is 0 Å². The number of hydrogen-bond acceptors (Lipinski definition) is 8. The number of nitro benzene ring substituents is 1. The normalized spacial score (nSPS) is 11.4. The number of quaternary nitrogens is 1. The van der Waals surface area contributed by atoms with Gasteiger partial charge < -0.3 is 19.0 Å². The summed E-state index contributed by atoms with van der Waals surface area (Å²) in [6.45, 7) is 1.22. The third kappa shape index (κ3) is 16.1. The number of nitro groups is 1. The van der Waals surface area contributed by atoms with E-state index in [1.807, 2.05) is 14.1 Å². The van der Waals surface area contributed by atoms with Crippen LogP contribution in [0.1, 0.15) is 25.7 Å². The Morgan fingerprint density at radius 3 is 2.15 bits per heavy atom. The molecule has 0 amide bonds. The molecular formula is C18H27F3N2O10P+. The maximum atomic E-state index is 11.8. The molecule has 0 atom stereocenters. The Hall–Kier alpha value is -2.58. The van der Waals surface area contributed by atoms with Crippen LogP contribution in [0.25, 0.3) is 0 Å². The van der Waals surface area contributed by atoms with E-state index in [1.54, 1.807) is 0 Å². The molecule has 12 nitrogen and oxygen atoms in total. The molecule has 0 aliphatic carbocycles. The van der Waals surface area contributed by atoms with Crippen LogP contribution in [0.5, 0.6) is 5.75 Å². The Morgan fingerprint density at radius 1 is 1.12 bits per heavy atom. The van der Waals surface area contributed by atoms with Crippen LogP contribution in [-0.4, -0.2) is 71.3 Å². The summed E-state index contributed by atoms with van der Waals surface area (Å²) in [7, 11) is -0.558. The number of phosphoric acid groups is 1. The highest BCUT2D eigenvalue weighted by Gasteiger charge is 2.19. The lowest BCUT2D eigenvalue weighted by molar-refractivity contribution is -0.890. The van der Waals surface area contributed by atoms with E-state index in [-0.39, 0.29) is 24.5 Å². The van der Waals surface area contributed by atoms with Crippen molar-refractivity contribution in [3.63, 3.8) is 0 Å². The Morgan fingerprint density at radius 2 is 1.71 bits per heavy atom. The van der Waals surface area contributed by atoms with E-state index < -0.39 is 31.1 Å². The smallest absolute Gasteiger partial charge is 0.427 e. The lowest BCUT2D eigenvalue weighted by atomic mass is 10.2. The van der Waals surface area contributed by atoms with Gasteiger partial charge in [0.05, 0.1) is 25.6 Å². The van der Waals surface area contributed by atoms with E-state index in [1.165, 1.54) is 24.3 Å². The molecule has 34 heavy (non-hydrogen) atoms. The maximum absolute atomic E-state index is 11.8. The van der Waals surface area contributed by atoms with Crippen LogP contribution in [0.4, 0.5) is 19.0 Å². The average molecular weight is 519 g/mol. The highest BCUT2D eigenvalue weighted by atomic mass is 31.2. The maximum Gasteiger partial charge on any atom is 0.469 e. The van der Waals surface area contributed by atoms with Crippen LogP contribution in [0.15, 0.2) is 24.3 Å². The number of esters is 1. The number of ether oxygens (including phenoxy) is 1. The number of rotatable bonds is 13. The summed E-state index contributed by atoms with van der Waals surface area (Å²) in [6, 6.07) is 5.32. The van der Waals surface area contributed by atoms with Gasteiger partial charge in [0.2, 0.25) is 0 Å². The SMILES string of the molecule is C[N+](C)(CCCCCC(=O)Oc1ccc([N+](=O)[O-])cc1)CCOP(=O)(O)O.O=C(OF)C(F)F. The number of non-ortho nitro benzene ring substituents is 1. The predicted molar refractivity (Wildman–Crippen MR) is 110 cm³/mol. The summed E-state index contributed by atoms with van der Waals surface area (Å²) >= 11 is 0. The minimum atomic E-state index is -4.43. The summed E-state index contributed by atoms with van der Waals surface area (Å²) in [5.74, 6) is -2.28. The van der Waals surface area contributed by atoms with E-state index in [9.17, 15) is 32.8 Å². The number of carbonyl (C=O) groups is 2. The van der Waals surface area contributed by atoms with Crippen LogP contribution in [-0.2, 0) is 23.6 Å². The molecule has 16 heteroatoms. The molecule has 0 saturated heterocycles. The second kappa shape index (κ2) is 15.3. The molecule has 0 heterocycles. The summed E-state index contributed by atoms with van der Waals surface area (Å²) in [4.78, 5) is 50.4. The number of unbranched alkanes of at least 4 members (excludes halogenated alkanes) is 2. The number of phosphoric ester groups is 1. The van der Waals surface area contributed by atoms with Crippen LogP contribution in [0.3, 0.4) is 0 Å². The Bertz CT molecular complexity index is 834. The predicted octanol–water partition coefficient (Wildman–Crippen LogP) is 2.93. The third-order valence-electron chi connectivity index (χ3n) is 4.13. The van der Waals surface area contributed by atoms with Crippen molar-refractivity contribution in [1.82, 2.24) is 0 Å². The molecule has 0 fully saturated rings. The average Bonchev–Trinajstić information content (AvgIpc) is 2.72. The van der Waals surface area contributed by atoms with E-state index in [0.717, 1.165) is 19.4 Å². The van der Waals surface area contributed by atoms with Crippen LogP contribution >= 0.6 is 7.82 Å². The molecule has 0 bridgehead atoms. The molecular weight excluding hydrogens is 492 g/mol. The van der Waals surface area contributed by atoms with Gasteiger partial charge in [-0.3, -0.25) is 19.4 Å². The van der Waals surface area contributed by atoms with Crippen molar-refractivity contribution in [1.29, 1.82) is 0 Å². The molecule has 1 aromatic carbocycles. The Balaban J connectivity index is 0.00000135. The van der Waals surface area contributed by atoms with E-state index in [4.69, 9.17) is 19.3 Å². The second-order valence-corrected chi connectivity index (χ2v) is 8.68. The quantitative estimate of drug-likeness (QED) is 0.0754. The van der Waals surface area contributed by atoms with Crippen LogP contribution < -0.4 is 4.74 Å². The minimum absolute atomic E-state index is 0.0289. The number of likely N-dealkylation sites (N-methyl/N-ethyl adjacent to an activating group) is 1. The van der Waals surface area contributed by atoms with Crippen LogP contribution in [0, 0.1) is 10.1 Å². The molecule has 0 aliphatic rings. The largest absolute Gasteiger partial charge is 0.469 e. The van der Waals surface area contributed by atoms with Gasteiger partial charge in [-0.05, 0) is 31.4 Å². The van der Waals surface area contributed by atoms with Gasteiger partial charge in [0.15, 0.2) is 0 Å². The first-order chi connectivity index (χ1) is 15.7. The summed E-state index contributed by atoms with van der Waals surface area (Å²) in [5.41, 5.74) is -0.0678. The summed E-state index contributed by atoms with van der Waals surface area (Å²) in [6.07, 6.45) is -0.842. The highest BCUT2D eigenvalue weighted by Crippen LogP contribution is 2.35. The highest BCUT2D eigenvalue weighted by molar-refractivity contribution is 7.46. The molecule has 0 unspecified atom stereocenters. The standard InChI is InChI=1S/C16H25N2O8P.C2HF3O2/c1-18(2,12-13-25-27(22,23)24)11-5-3-4-6-16(19)26-15-9-7-14(8-10-15)17(20)21;3-1(4)2(6)7-5/h7-10H,3-6,11-13H2,1-2H3,(H-,22,23,24);1H/p+1. The monoisotopic (exact) mass is 519 g/mol. The van der Waals surface area contributed by atoms with Gasteiger partial charge in [-0.2, -0.15) is 8.78 Å². The first kappa shape index (κ1) is 31.4. The van der Waals surface area contributed by atoms with E-state index in [0.29, 0.717) is 17.4 Å². The van der Waals surface area contributed by atoms with E-state index in [2.05, 4.69) is 9.47 Å². The summed E-state index contributed by atoms with van der Waals surface area (Å²) < 4.78 is 52.5. The lowest BCUT2D eigenvalue weighted by Gasteiger charge is -2.29. The minimum Gasteiger partial charge on any atom is -0.427 e. The number of hydrogen-bond donors (Lipinski definition) is 2. The van der Waals surface area contributed by atoms with Gasteiger partial charge in [-0.25, -0.2) is 14.3 Å². The second-order valence-electron chi connectivity index (χ2n) is 7.44. The fourth-order valence-corrected chi connectivity index (χ4v) is 2.68. The topological polar surface area (TPSA) is 162 Å². The van der Waals surface area contributed by atoms with Crippen LogP contribution in [0.2, 0.25) is 0 Å². The first-order valence-electron chi connectivity index (χ1n) is 9.74. The van der Waals surface area contributed by atoms with Crippen molar-refractivity contribution in [2.24, 2.45) is 0 Å². The molecule has 0 aromatic heterocycles. The zero-order valence-electron chi connectivity index (χ0n) is 18.5. The number of carbonyl (C=O) groups excluding carboxylic acids is 2. The van der Waals surface area contributed by atoms with Crippen molar-refractivity contribution in [2.45, 2.75) is 32.1 Å². The number of alkyl halides is 2. The zero-order valence-corrected chi connectivity index (χ0v) is 19.4. The van der Waals surface area contributed by atoms with Gasteiger partial charge in [-0.15, -0.1) is 0 Å². The third-order valence-corrected chi connectivity index (χ3v) is 4.65. The van der Waals surface area contributed by atoms with Crippen molar-refractivity contribution < 1.29 is 60.9 Å². The van der Waals surface area contributed by atoms with Crippen molar-refractivity contribution in [3.8, 4) is 5.75 Å². The number of nitrogens with zero attached hydrogens (tertiary/aromatic N) is 2. The Labute approximate surface area is 193 Å². The van der Waals surface area contributed by atoms with Crippen molar-refractivity contribution in [2.75, 3.05) is 33.8 Å². The molecule has 0 radical (unpaired) electrons. The molecule has 194 valence electrons. The lowest BCUT2D eigenvalue weighted by Crippen LogP contribution is -2.42. The molecule has 1 rings (SSSR count). The number of benzene rings is 1. The summed E-state index contributed by atoms with van der Waals surface area (Å²) in [5, 5.41) is 10.6. The molecule has 0 spiro atoms. The zero-order chi connectivity index (χ0) is 26.4. The van der Waals surface area contributed by atoms with Gasteiger partial charge in [0.1, 0.15) is 18.9 Å². The van der Waals surface area contributed by atoms with Gasteiger partial charge >= 0.3 is 26.2 Å². The van der Waals surface area contributed by atoms with Gasteiger partial charge in [0.25, 0.3) is 5.69 Å². The Kier molecular flexibility index (Phi) is 14.2. The number of halogens is 3. The van der Waals surface area contributed by atoms with Gasteiger partial charge in [0, 0.05) is 23.1 Å². The van der Waals surface area contributed by atoms with E-state index >= 15 is 0 Å².